The van der Waals surface area contributed by atoms with Gasteiger partial charge in [-0.1, -0.05) is 0 Å². The lowest BCUT2D eigenvalue weighted by Crippen LogP contribution is -2.21. The predicted octanol–water partition coefficient (Wildman–Crippen LogP) is 2.18. The van der Waals surface area contributed by atoms with Crippen molar-refractivity contribution in [2.75, 3.05) is 32.6 Å². The molecule has 0 unspecified atom stereocenters. The fraction of sp³-hybridized carbons (Fsp3) is 0.250. The highest BCUT2D eigenvalue weighted by Gasteiger charge is 2.23. The summed E-state index contributed by atoms with van der Waals surface area (Å²) in [4.78, 5) is 24.8. The minimum Gasteiger partial charge on any atom is -0.492 e. The van der Waals surface area contributed by atoms with Gasteiger partial charge < -0.3 is 30.8 Å². The van der Waals surface area contributed by atoms with E-state index >= 15 is 0 Å². The summed E-state index contributed by atoms with van der Waals surface area (Å²) in [5.41, 5.74) is 11.2. The average molecular weight is 362 g/mol. The van der Waals surface area contributed by atoms with Crippen molar-refractivity contribution in [3.05, 3.63) is 24.0 Å². The summed E-state index contributed by atoms with van der Waals surface area (Å²) < 4.78 is 12.8. The number of rotatable bonds is 6. The number of furan rings is 1. The Balaban J connectivity index is 2.02. The van der Waals surface area contributed by atoms with Crippen LogP contribution in [-0.4, -0.2) is 44.1 Å². The van der Waals surface area contributed by atoms with Crippen LogP contribution >= 0.6 is 11.3 Å². The van der Waals surface area contributed by atoms with Crippen molar-refractivity contribution in [3.8, 4) is 5.75 Å². The third-order valence-electron chi connectivity index (χ3n) is 3.55. The van der Waals surface area contributed by atoms with Gasteiger partial charge in [-0.05, 0) is 32.3 Å². The van der Waals surface area contributed by atoms with Gasteiger partial charge in [0.05, 0.1) is 4.70 Å². The SMILES string of the molecule is CN(C)CCOc1ccc2c(c1)sc1c(NC(N)=O)c(C(N)=O)oc12. The van der Waals surface area contributed by atoms with Gasteiger partial charge in [0.25, 0.3) is 5.91 Å². The number of primary amides is 2. The molecule has 2 aromatic heterocycles. The number of anilines is 1. The van der Waals surface area contributed by atoms with Crippen LogP contribution in [0, 0.1) is 0 Å². The maximum atomic E-state index is 11.6. The van der Waals surface area contributed by atoms with Gasteiger partial charge in [0, 0.05) is 16.6 Å². The summed E-state index contributed by atoms with van der Waals surface area (Å²) >= 11 is 1.36. The highest BCUT2D eigenvalue weighted by atomic mass is 32.1. The number of benzene rings is 1. The van der Waals surface area contributed by atoms with Crippen LogP contribution in [0.25, 0.3) is 20.4 Å². The minimum atomic E-state index is -0.796. The first kappa shape index (κ1) is 17.1. The Bertz CT molecular complexity index is 960. The number of hydrogen-bond acceptors (Lipinski definition) is 6. The van der Waals surface area contributed by atoms with E-state index in [2.05, 4.69) is 5.32 Å². The van der Waals surface area contributed by atoms with Crippen LogP contribution in [0.15, 0.2) is 22.6 Å². The number of urea groups is 1. The minimum absolute atomic E-state index is 0.117. The largest absolute Gasteiger partial charge is 0.492 e. The fourth-order valence-electron chi connectivity index (χ4n) is 2.42. The van der Waals surface area contributed by atoms with Crippen molar-refractivity contribution < 1.29 is 18.7 Å². The molecule has 3 amide bonds. The molecule has 2 heterocycles. The summed E-state index contributed by atoms with van der Waals surface area (Å²) in [5, 5.41) is 3.22. The highest BCUT2D eigenvalue weighted by Crippen LogP contribution is 2.43. The number of amides is 3. The van der Waals surface area contributed by atoms with Crippen LogP contribution in [0.1, 0.15) is 10.6 Å². The summed E-state index contributed by atoms with van der Waals surface area (Å²) in [6.07, 6.45) is 0. The van der Waals surface area contributed by atoms with Crippen LogP contribution in [0.4, 0.5) is 10.5 Å². The first-order chi connectivity index (χ1) is 11.9. The lowest BCUT2D eigenvalue weighted by Gasteiger charge is -2.10. The number of nitrogens with one attached hydrogen (secondary N) is 1. The van der Waals surface area contributed by atoms with Crippen LogP contribution in [-0.2, 0) is 0 Å². The van der Waals surface area contributed by atoms with Crippen LogP contribution < -0.4 is 21.5 Å². The van der Waals surface area contributed by atoms with E-state index in [0.29, 0.717) is 16.9 Å². The molecule has 3 rings (SSSR count). The Morgan fingerprint density at radius 3 is 2.72 bits per heavy atom. The van der Waals surface area contributed by atoms with Crippen molar-refractivity contribution in [1.82, 2.24) is 4.90 Å². The maximum absolute atomic E-state index is 11.6. The smallest absolute Gasteiger partial charge is 0.316 e. The Morgan fingerprint density at radius 2 is 2.08 bits per heavy atom. The second kappa shape index (κ2) is 6.61. The number of hydrogen-bond donors (Lipinski definition) is 3. The summed E-state index contributed by atoms with van der Waals surface area (Å²) in [6.45, 7) is 1.37. The van der Waals surface area contributed by atoms with Crippen molar-refractivity contribution >= 4 is 49.3 Å². The number of carbonyl (C=O) groups is 2. The van der Waals surface area contributed by atoms with Gasteiger partial charge in [-0.15, -0.1) is 11.3 Å². The van der Waals surface area contributed by atoms with Crippen molar-refractivity contribution in [2.24, 2.45) is 11.5 Å². The molecule has 0 aliphatic rings. The van der Waals surface area contributed by atoms with E-state index in [9.17, 15) is 9.59 Å². The lowest BCUT2D eigenvalue weighted by atomic mass is 10.2. The third-order valence-corrected chi connectivity index (χ3v) is 4.70. The molecule has 1 aromatic carbocycles. The first-order valence-electron chi connectivity index (χ1n) is 7.49. The number of thiophene rings is 1. The molecular weight excluding hydrogens is 344 g/mol. The Hall–Kier alpha value is -2.78. The molecule has 9 heteroatoms. The standard InChI is InChI=1S/C16H18N4O4S/c1-20(2)5-6-23-8-3-4-9-10(7-8)25-14-11(19-16(18)22)13(15(17)21)24-12(9)14/h3-4,7H,5-6H2,1-2H3,(H2,17,21)(H3,18,19,22). The van der Waals surface area contributed by atoms with E-state index < -0.39 is 11.9 Å². The number of fused-ring (bicyclic) bond motifs is 3. The molecule has 8 nitrogen and oxygen atoms in total. The second-order valence-corrected chi connectivity index (χ2v) is 6.78. The Kier molecular flexibility index (Phi) is 4.51. The van der Waals surface area contributed by atoms with Crippen LogP contribution in [0.2, 0.25) is 0 Å². The molecule has 0 spiro atoms. The van der Waals surface area contributed by atoms with Crippen LogP contribution in [0.3, 0.4) is 0 Å². The fourth-order valence-corrected chi connectivity index (χ4v) is 3.58. The van der Waals surface area contributed by atoms with Crippen molar-refractivity contribution in [3.63, 3.8) is 0 Å². The van der Waals surface area contributed by atoms with Crippen molar-refractivity contribution in [2.45, 2.75) is 0 Å². The van der Waals surface area contributed by atoms with Gasteiger partial charge in [-0.25, -0.2) is 4.79 Å². The molecule has 25 heavy (non-hydrogen) atoms. The number of likely N-dealkylation sites (N-methyl/N-ethyl adjacent to an activating group) is 1. The Labute approximate surface area is 147 Å². The van der Waals surface area contributed by atoms with Crippen molar-refractivity contribution in [1.29, 1.82) is 0 Å². The summed E-state index contributed by atoms with van der Waals surface area (Å²) in [5.74, 6) is -0.157. The molecule has 5 N–H and O–H groups in total. The molecular formula is C16H18N4O4S. The highest BCUT2D eigenvalue weighted by molar-refractivity contribution is 7.26. The summed E-state index contributed by atoms with van der Waals surface area (Å²) in [7, 11) is 3.95. The molecule has 0 bridgehead atoms. The number of nitrogens with two attached hydrogens (primary N) is 2. The topological polar surface area (TPSA) is 124 Å². The van der Waals surface area contributed by atoms with Gasteiger partial charge in [0.15, 0.2) is 5.58 Å². The number of ether oxygens (including phenoxy) is 1. The van der Waals surface area contributed by atoms with E-state index in [-0.39, 0.29) is 11.4 Å². The quantitative estimate of drug-likeness (QED) is 0.620. The molecule has 0 atom stereocenters. The zero-order valence-electron chi connectivity index (χ0n) is 13.8. The average Bonchev–Trinajstić information content (AvgIpc) is 3.03. The van der Waals surface area contributed by atoms with Gasteiger partial charge >= 0.3 is 6.03 Å². The maximum Gasteiger partial charge on any atom is 0.316 e. The molecule has 0 saturated heterocycles. The lowest BCUT2D eigenvalue weighted by molar-refractivity contribution is 0.0977. The second-order valence-electron chi connectivity index (χ2n) is 5.73. The van der Waals surface area contributed by atoms with E-state index in [1.54, 1.807) is 0 Å². The predicted molar refractivity (Wildman–Crippen MR) is 97.4 cm³/mol. The molecule has 0 aliphatic carbocycles. The van der Waals surface area contributed by atoms with Gasteiger partial charge in [0.2, 0.25) is 5.76 Å². The first-order valence-corrected chi connectivity index (χ1v) is 8.31. The van der Waals surface area contributed by atoms with E-state index in [4.69, 9.17) is 20.6 Å². The van der Waals surface area contributed by atoms with Gasteiger partial charge in [-0.3, -0.25) is 4.79 Å². The molecule has 0 radical (unpaired) electrons. The molecule has 132 valence electrons. The Morgan fingerprint density at radius 1 is 1.32 bits per heavy atom. The normalized spacial score (nSPS) is 11.3. The monoisotopic (exact) mass is 362 g/mol. The summed E-state index contributed by atoms with van der Waals surface area (Å²) in [6, 6.07) is 4.78. The van der Waals surface area contributed by atoms with E-state index in [1.165, 1.54) is 11.3 Å². The van der Waals surface area contributed by atoms with E-state index in [1.807, 2.05) is 37.2 Å². The molecule has 0 aliphatic heterocycles. The zero-order chi connectivity index (χ0) is 18.1. The van der Waals surface area contributed by atoms with Gasteiger partial charge in [0.1, 0.15) is 18.0 Å². The molecule has 0 fully saturated rings. The van der Waals surface area contributed by atoms with Gasteiger partial charge in [-0.2, -0.15) is 0 Å². The third kappa shape index (κ3) is 3.37. The molecule has 3 aromatic rings. The zero-order valence-corrected chi connectivity index (χ0v) is 14.6. The number of nitrogens with zero attached hydrogens (tertiary/aromatic N) is 1. The number of carbonyl (C=O) groups excluding carboxylic acids is 2. The van der Waals surface area contributed by atoms with E-state index in [0.717, 1.165) is 22.4 Å². The molecule has 0 saturated carbocycles. The van der Waals surface area contributed by atoms with Crippen LogP contribution in [0.5, 0.6) is 5.75 Å².